The smallest absolute Gasteiger partial charge is 0.333 e. The lowest BCUT2D eigenvalue weighted by Crippen LogP contribution is -2.21. The minimum Gasteiger partial charge on any atom is -0.493 e. The molecule has 214 valence electrons. The standard InChI is InChI=1S/C31H26F2N4O5/c1-36-25-17-35-23-15-27(41-3)28(42-30(26(38)5-4-12-40-2)19-7-9-20(32)10-8-19)14-21(23)29(25)37(31(36)39)24-11-6-18(16-34)13-22(24)33/h6-11,13-15,17,30H,4-5,12H2,1-3H3. The van der Waals surface area contributed by atoms with Crippen LogP contribution in [-0.4, -0.2) is 40.7 Å². The fraction of sp³-hybridized carbons (Fsp3) is 0.226. The highest BCUT2D eigenvalue weighted by atomic mass is 19.1. The maximum absolute atomic E-state index is 15.2. The fourth-order valence-corrected chi connectivity index (χ4v) is 4.84. The van der Waals surface area contributed by atoms with Gasteiger partial charge >= 0.3 is 5.69 Å². The molecule has 0 amide bonds. The highest BCUT2D eigenvalue weighted by molar-refractivity contribution is 6.04. The lowest BCUT2D eigenvalue weighted by atomic mass is 10.0. The van der Waals surface area contributed by atoms with Crippen LogP contribution < -0.4 is 15.2 Å². The van der Waals surface area contributed by atoms with Gasteiger partial charge in [0.15, 0.2) is 23.4 Å². The van der Waals surface area contributed by atoms with Crippen molar-refractivity contribution in [1.29, 1.82) is 5.26 Å². The van der Waals surface area contributed by atoms with E-state index in [0.717, 1.165) is 6.07 Å². The van der Waals surface area contributed by atoms with E-state index in [2.05, 4.69) is 4.98 Å². The number of ketones is 1. The molecular formula is C31H26F2N4O5. The van der Waals surface area contributed by atoms with Crippen LogP contribution in [0.25, 0.3) is 27.6 Å². The first-order chi connectivity index (χ1) is 20.3. The Morgan fingerprint density at radius 3 is 2.50 bits per heavy atom. The lowest BCUT2D eigenvalue weighted by molar-refractivity contribution is -0.126. The van der Waals surface area contributed by atoms with Gasteiger partial charge in [-0.05, 0) is 42.8 Å². The molecule has 1 unspecified atom stereocenters. The second-order valence-electron chi connectivity index (χ2n) is 9.58. The molecule has 0 bridgehead atoms. The van der Waals surface area contributed by atoms with Crippen molar-refractivity contribution in [2.24, 2.45) is 7.05 Å². The van der Waals surface area contributed by atoms with Crippen LogP contribution in [-0.2, 0) is 16.6 Å². The zero-order valence-corrected chi connectivity index (χ0v) is 23.1. The van der Waals surface area contributed by atoms with E-state index in [0.29, 0.717) is 40.5 Å². The van der Waals surface area contributed by atoms with Crippen molar-refractivity contribution in [2.75, 3.05) is 20.8 Å². The minimum atomic E-state index is -1.10. The van der Waals surface area contributed by atoms with Crippen molar-refractivity contribution in [3.8, 4) is 23.3 Å². The van der Waals surface area contributed by atoms with Gasteiger partial charge in [0.1, 0.15) is 11.6 Å². The molecule has 3 aromatic carbocycles. The number of aryl methyl sites for hydroxylation is 1. The van der Waals surface area contributed by atoms with Crippen molar-refractivity contribution in [3.63, 3.8) is 0 Å². The quantitative estimate of drug-likeness (QED) is 0.213. The normalized spacial score (nSPS) is 11.9. The van der Waals surface area contributed by atoms with Crippen LogP contribution in [0.1, 0.15) is 30.1 Å². The second kappa shape index (κ2) is 11.8. The molecule has 9 nitrogen and oxygen atoms in total. The van der Waals surface area contributed by atoms with Gasteiger partial charge in [-0.15, -0.1) is 0 Å². The molecule has 2 heterocycles. The van der Waals surface area contributed by atoms with E-state index in [1.807, 2.05) is 6.07 Å². The molecule has 11 heteroatoms. The first kappa shape index (κ1) is 28.4. The summed E-state index contributed by atoms with van der Waals surface area (Å²) in [6, 6.07) is 14.4. The van der Waals surface area contributed by atoms with Gasteiger partial charge in [-0.2, -0.15) is 5.26 Å². The Kier molecular flexibility index (Phi) is 7.99. The molecule has 42 heavy (non-hydrogen) atoms. The van der Waals surface area contributed by atoms with E-state index >= 15 is 4.39 Å². The summed E-state index contributed by atoms with van der Waals surface area (Å²) in [5.41, 5.74) is 1.15. The number of methoxy groups -OCH3 is 2. The first-order valence-corrected chi connectivity index (χ1v) is 13.0. The average molecular weight is 573 g/mol. The van der Waals surface area contributed by atoms with Crippen molar-refractivity contribution < 1.29 is 27.8 Å². The summed E-state index contributed by atoms with van der Waals surface area (Å²) in [6.45, 7) is 0.377. The van der Waals surface area contributed by atoms with Gasteiger partial charge in [0.05, 0.1) is 47.2 Å². The van der Waals surface area contributed by atoms with Gasteiger partial charge in [0.25, 0.3) is 0 Å². The Bertz CT molecular complexity index is 1910. The molecule has 0 N–H and O–H groups in total. The first-order valence-electron chi connectivity index (χ1n) is 13.0. The maximum Gasteiger partial charge on any atom is 0.333 e. The molecule has 5 rings (SSSR count). The summed E-state index contributed by atoms with van der Waals surface area (Å²) >= 11 is 0. The van der Waals surface area contributed by atoms with E-state index < -0.39 is 23.4 Å². The number of aromatic nitrogens is 3. The number of pyridine rings is 1. The van der Waals surface area contributed by atoms with E-state index in [4.69, 9.17) is 14.2 Å². The van der Waals surface area contributed by atoms with Gasteiger partial charge in [-0.1, -0.05) is 12.1 Å². The van der Waals surface area contributed by atoms with Crippen molar-refractivity contribution in [3.05, 3.63) is 94.0 Å². The zero-order chi connectivity index (χ0) is 30.0. The number of hydrogen-bond acceptors (Lipinski definition) is 7. The van der Waals surface area contributed by atoms with Crippen LogP contribution in [0.3, 0.4) is 0 Å². The number of carbonyl (C=O) groups is 1. The Morgan fingerprint density at radius 1 is 1.07 bits per heavy atom. The summed E-state index contributed by atoms with van der Waals surface area (Å²) in [5, 5.41) is 9.60. The van der Waals surface area contributed by atoms with Crippen LogP contribution in [0.15, 0.2) is 65.6 Å². The fourth-order valence-electron chi connectivity index (χ4n) is 4.84. The molecule has 0 aliphatic heterocycles. The number of imidazole rings is 1. The number of halogens is 2. The SMILES string of the molecule is COCCCC(=O)C(Oc1cc2c(cc1OC)ncc1c2n(-c2ccc(C#N)cc2F)c(=O)n1C)c1ccc(F)cc1. The maximum atomic E-state index is 15.2. The van der Waals surface area contributed by atoms with Crippen LogP contribution in [0.4, 0.5) is 8.78 Å². The number of hydrogen-bond donors (Lipinski definition) is 0. The monoisotopic (exact) mass is 572 g/mol. The van der Waals surface area contributed by atoms with Crippen LogP contribution in [0.5, 0.6) is 11.5 Å². The Balaban J connectivity index is 1.71. The van der Waals surface area contributed by atoms with Gasteiger partial charge in [0.2, 0.25) is 0 Å². The molecule has 0 fully saturated rings. The summed E-state index contributed by atoms with van der Waals surface area (Å²) in [5.74, 6) is -1.04. The predicted molar refractivity (Wildman–Crippen MR) is 151 cm³/mol. The van der Waals surface area contributed by atoms with E-state index in [9.17, 15) is 19.2 Å². The molecule has 0 saturated carbocycles. The summed E-state index contributed by atoms with van der Waals surface area (Å²) in [6.07, 6.45) is 1.00. The number of nitriles is 1. The zero-order valence-electron chi connectivity index (χ0n) is 23.1. The second-order valence-corrected chi connectivity index (χ2v) is 9.58. The number of benzene rings is 3. The molecule has 0 spiro atoms. The van der Waals surface area contributed by atoms with Crippen LogP contribution in [0.2, 0.25) is 0 Å². The Hall–Kier alpha value is -5.08. The molecular weight excluding hydrogens is 546 g/mol. The molecule has 0 aliphatic rings. The lowest BCUT2D eigenvalue weighted by Gasteiger charge is -2.21. The number of carbonyl (C=O) groups excluding carboxylic acids is 1. The molecule has 5 aromatic rings. The molecule has 0 aliphatic carbocycles. The van der Waals surface area contributed by atoms with Crippen molar-refractivity contribution >= 4 is 27.7 Å². The van der Waals surface area contributed by atoms with Crippen LogP contribution in [0, 0.1) is 23.0 Å². The number of ether oxygens (including phenoxy) is 3. The average Bonchev–Trinajstić information content (AvgIpc) is 3.25. The highest BCUT2D eigenvalue weighted by Crippen LogP contribution is 2.38. The summed E-state index contributed by atoms with van der Waals surface area (Å²) < 4.78 is 48.4. The molecule has 1 atom stereocenters. The van der Waals surface area contributed by atoms with E-state index in [-0.39, 0.29) is 35.0 Å². The van der Waals surface area contributed by atoms with Gasteiger partial charge in [-0.3, -0.25) is 18.9 Å². The Morgan fingerprint density at radius 2 is 1.83 bits per heavy atom. The molecule has 0 saturated heterocycles. The van der Waals surface area contributed by atoms with Crippen molar-refractivity contribution in [1.82, 2.24) is 14.1 Å². The third-order valence-corrected chi connectivity index (χ3v) is 6.97. The third kappa shape index (κ3) is 5.20. The number of rotatable bonds is 10. The van der Waals surface area contributed by atoms with Crippen LogP contribution >= 0.6 is 0 Å². The number of Topliss-reactive ketones (excluding diaryl/α,β-unsaturated/α-hetero) is 1. The highest BCUT2D eigenvalue weighted by Gasteiger charge is 2.26. The molecule has 2 aromatic heterocycles. The summed E-state index contributed by atoms with van der Waals surface area (Å²) in [4.78, 5) is 31.2. The third-order valence-electron chi connectivity index (χ3n) is 6.97. The van der Waals surface area contributed by atoms with E-state index in [1.165, 1.54) is 58.8 Å². The topological polar surface area (TPSA) is 108 Å². The minimum absolute atomic E-state index is 0.0482. The predicted octanol–water partition coefficient (Wildman–Crippen LogP) is 5.15. The molecule has 0 radical (unpaired) electrons. The van der Waals surface area contributed by atoms with E-state index in [1.54, 1.807) is 26.3 Å². The van der Waals surface area contributed by atoms with Gasteiger partial charge < -0.3 is 14.2 Å². The number of nitrogens with zero attached hydrogens (tertiary/aromatic N) is 4. The van der Waals surface area contributed by atoms with Crippen molar-refractivity contribution in [2.45, 2.75) is 18.9 Å². The van der Waals surface area contributed by atoms with Gasteiger partial charge in [0, 0.05) is 44.2 Å². The largest absolute Gasteiger partial charge is 0.493 e. The summed E-state index contributed by atoms with van der Waals surface area (Å²) in [7, 11) is 4.52. The number of fused-ring (bicyclic) bond motifs is 3. The van der Waals surface area contributed by atoms with Gasteiger partial charge in [-0.25, -0.2) is 13.6 Å². The Labute approximate surface area is 239 Å².